The standard InChI is InChI=1S/C17H20N4O2/c1-17(2,3)14-13-11(8-12(22)19-16(13)21-20-14)9-4-6-10(7-5-9)15(18)23/h4-7,11H,8H2,1-3H3,(H2,18,23)(H2,19,20,21,22). The molecule has 0 aliphatic carbocycles. The molecule has 1 aromatic carbocycles. The largest absolute Gasteiger partial charge is 0.366 e. The van der Waals surface area contributed by atoms with Gasteiger partial charge in [-0.2, -0.15) is 5.10 Å². The normalized spacial score (nSPS) is 17.5. The van der Waals surface area contributed by atoms with E-state index in [2.05, 4.69) is 36.3 Å². The summed E-state index contributed by atoms with van der Waals surface area (Å²) in [5.74, 6) is -0.0189. The third-order valence-electron chi connectivity index (χ3n) is 4.15. The van der Waals surface area contributed by atoms with E-state index in [1.54, 1.807) is 12.1 Å². The van der Waals surface area contributed by atoms with Gasteiger partial charge in [0.1, 0.15) is 0 Å². The van der Waals surface area contributed by atoms with Gasteiger partial charge in [-0.3, -0.25) is 14.7 Å². The van der Waals surface area contributed by atoms with Crippen molar-refractivity contribution in [1.29, 1.82) is 0 Å². The first-order valence-electron chi connectivity index (χ1n) is 7.55. The number of hydrogen-bond acceptors (Lipinski definition) is 3. The summed E-state index contributed by atoms with van der Waals surface area (Å²) in [6, 6.07) is 7.10. The highest BCUT2D eigenvalue weighted by Crippen LogP contribution is 2.41. The number of fused-ring (bicyclic) bond motifs is 1. The highest BCUT2D eigenvalue weighted by atomic mass is 16.2. The van der Waals surface area contributed by atoms with E-state index in [1.807, 2.05) is 12.1 Å². The van der Waals surface area contributed by atoms with Crippen LogP contribution >= 0.6 is 0 Å². The predicted octanol–water partition coefficient (Wildman–Crippen LogP) is 2.28. The number of anilines is 1. The Balaban J connectivity index is 2.09. The van der Waals surface area contributed by atoms with Gasteiger partial charge in [0.2, 0.25) is 11.8 Å². The molecule has 0 saturated heterocycles. The molecule has 0 bridgehead atoms. The SMILES string of the molecule is CC(C)(C)c1[nH]nc2c1C(c1ccc(C(N)=O)cc1)CC(=O)N2. The summed E-state index contributed by atoms with van der Waals surface area (Å²) in [6.07, 6.45) is 0.353. The van der Waals surface area contributed by atoms with Gasteiger partial charge in [-0.05, 0) is 17.7 Å². The molecule has 23 heavy (non-hydrogen) atoms. The first kappa shape index (κ1) is 15.3. The molecule has 1 atom stereocenters. The molecule has 4 N–H and O–H groups in total. The molecule has 1 aromatic heterocycles. The minimum Gasteiger partial charge on any atom is -0.366 e. The third-order valence-corrected chi connectivity index (χ3v) is 4.15. The highest BCUT2D eigenvalue weighted by Gasteiger charge is 2.34. The lowest BCUT2D eigenvalue weighted by Gasteiger charge is -2.27. The van der Waals surface area contributed by atoms with Gasteiger partial charge < -0.3 is 11.1 Å². The zero-order chi connectivity index (χ0) is 16.8. The number of aromatic nitrogens is 2. The van der Waals surface area contributed by atoms with Crippen molar-refractivity contribution >= 4 is 17.6 Å². The van der Waals surface area contributed by atoms with Gasteiger partial charge in [0, 0.05) is 34.6 Å². The molecule has 2 aromatic rings. The number of H-pyrrole nitrogens is 1. The first-order chi connectivity index (χ1) is 10.8. The number of nitrogens with two attached hydrogens (primary N) is 1. The number of rotatable bonds is 2. The van der Waals surface area contributed by atoms with Crippen LogP contribution in [0.25, 0.3) is 0 Å². The van der Waals surface area contributed by atoms with E-state index in [0.717, 1.165) is 16.8 Å². The smallest absolute Gasteiger partial charge is 0.248 e. The molecule has 0 saturated carbocycles. The minimum absolute atomic E-state index is 0.0616. The van der Waals surface area contributed by atoms with Gasteiger partial charge in [-0.1, -0.05) is 32.9 Å². The summed E-state index contributed by atoms with van der Waals surface area (Å²) in [5, 5.41) is 10.2. The van der Waals surface area contributed by atoms with E-state index < -0.39 is 5.91 Å². The maximum absolute atomic E-state index is 12.0. The zero-order valence-corrected chi connectivity index (χ0v) is 13.4. The second-order valence-electron chi connectivity index (χ2n) is 6.90. The van der Waals surface area contributed by atoms with Crippen molar-refractivity contribution in [2.24, 2.45) is 5.73 Å². The number of carbonyl (C=O) groups excluding carboxylic acids is 2. The van der Waals surface area contributed by atoms with Crippen LogP contribution in [0.3, 0.4) is 0 Å². The van der Waals surface area contributed by atoms with Crippen LogP contribution < -0.4 is 11.1 Å². The van der Waals surface area contributed by atoms with Gasteiger partial charge in [0.25, 0.3) is 0 Å². The zero-order valence-electron chi connectivity index (χ0n) is 13.4. The molecule has 6 nitrogen and oxygen atoms in total. The van der Waals surface area contributed by atoms with Crippen molar-refractivity contribution in [3.8, 4) is 0 Å². The molecule has 6 heteroatoms. The van der Waals surface area contributed by atoms with E-state index in [9.17, 15) is 9.59 Å². The Labute approximate surface area is 134 Å². The average molecular weight is 312 g/mol. The number of hydrogen-bond donors (Lipinski definition) is 3. The van der Waals surface area contributed by atoms with Crippen molar-refractivity contribution in [3.05, 3.63) is 46.6 Å². The fourth-order valence-electron chi connectivity index (χ4n) is 2.99. The van der Waals surface area contributed by atoms with Crippen molar-refractivity contribution < 1.29 is 9.59 Å². The third kappa shape index (κ3) is 2.72. The van der Waals surface area contributed by atoms with Crippen LogP contribution in [0.1, 0.15) is 60.3 Å². The average Bonchev–Trinajstić information content (AvgIpc) is 2.90. The van der Waals surface area contributed by atoms with E-state index in [1.165, 1.54) is 0 Å². The number of nitrogens with zero attached hydrogens (tertiary/aromatic N) is 1. The Hall–Kier alpha value is -2.63. The Bertz CT molecular complexity index is 769. The lowest BCUT2D eigenvalue weighted by Crippen LogP contribution is -2.25. The Kier molecular flexibility index (Phi) is 3.47. The van der Waals surface area contributed by atoms with Crippen LogP contribution in [-0.2, 0) is 10.2 Å². The fraction of sp³-hybridized carbons (Fsp3) is 0.353. The van der Waals surface area contributed by atoms with Gasteiger partial charge >= 0.3 is 0 Å². The number of carbonyl (C=O) groups is 2. The molecule has 0 fully saturated rings. The monoisotopic (exact) mass is 312 g/mol. The summed E-state index contributed by atoms with van der Waals surface area (Å²) in [5.41, 5.74) is 8.63. The van der Waals surface area contributed by atoms with Gasteiger partial charge in [0.15, 0.2) is 5.82 Å². The Morgan fingerprint density at radius 3 is 2.48 bits per heavy atom. The molecule has 1 aliphatic rings. The first-order valence-corrected chi connectivity index (χ1v) is 7.55. The second-order valence-corrected chi connectivity index (χ2v) is 6.90. The van der Waals surface area contributed by atoms with Crippen LogP contribution in [0.4, 0.5) is 5.82 Å². The van der Waals surface area contributed by atoms with Gasteiger partial charge in [-0.15, -0.1) is 0 Å². The molecule has 2 heterocycles. The number of aromatic amines is 1. The summed E-state index contributed by atoms with van der Waals surface area (Å²) in [6.45, 7) is 6.30. The fourth-order valence-corrected chi connectivity index (χ4v) is 2.99. The molecule has 1 aliphatic heterocycles. The molecular formula is C17H20N4O2. The molecule has 2 amide bonds. The summed E-state index contributed by atoms with van der Waals surface area (Å²) >= 11 is 0. The Morgan fingerprint density at radius 2 is 1.91 bits per heavy atom. The maximum Gasteiger partial charge on any atom is 0.248 e. The van der Waals surface area contributed by atoms with Crippen molar-refractivity contribution in [1.82, 2.24) is 10.2 Å². The molecule has 0 radical (unpaired) electrons. The molecular weight excluding hydrogens is 292 g/mol. The molecule has 120 valence electrons. The van der Waals surface area contributed by atoms with Crippen LogP contribution in [0.5, 0.6) is 0 Å². The number of amides is 2. The molecule has 1 unspecified atom stereocenters. The quantitative estimate of drug-likeness (QED) is 0.793. The van der Waals surface area contributed by atoms with Crippen molar-refractivity contribution in [2.45, 2.75) is 38.5 Å². The highest BCUT2D eigenvalue weighted by molar-refractivity contribution is 5.95. The number of benzene rings is 1. The predicted molar refractivity (Wildman–Crippen MR) is 87.3 cm³/mol. The lowest BCUT2D eigenvalue weighted by atomic mass is 9.79. The molecule has 3 rings (SSSR count). The van der Waals surface area contributed by atoms with Gasteiger partial charge in [0.05, 0.1) is 0 Å². The van der Waals surface area contributed by atoms with Crippen molar-refractivity contribution in [2.75, 3.05) is 5.32 Å². The number of primary amides is 1. The molecule has 0 spiro atoms. The van der Waals surface area contributed by atoms with Crippen molar-refractivity contribution in [3.63, 3.8) is 0 Å². The van der Waals surface area contributed by atoms with E-state index in [4.69, 9.17) is 5.73 Å². The van der Waals surface area contributed by atoms with Gasteiger partial charge in [-0.25, -0.2) is 0 Å². The minimum atomic E-state index is -0.461. The van der Waals surface area contributed by atoms with E-state index in [0.29, 0.717) is 17.8 Å². The van der Waals surface area contributed by atoms with Crippen LogP contribution in [-0.4, -0.2) is 22.0 Å². The topological polar surface area (TPSA) is 101 Å². The van der Waals surface area contributed by atoms with Crippen LogP contribution in [0.2, 0.25) is 0 Å². The summed E-state index contributed by atoms with van der Waals surface area (Å²) in [7, 11) is 0. The number of nitrogens with one attached hydrogen (secondary N) is 2. The van der Waals surface area contributed by atoms with E-state index >= 15 is 0 Å². The Morgan fingerprint density at radius 1 is 1.26 bits per heavy atom. The van der Waals surface area contributed by atoms with Crippen LogP contribution in [0, 0.1) is 0 Å². The maximum atomic E-state index is 12.0. The van der Waals surface area contributed by atoms with Crippen LogP contribution in [0.15, 0.2) is 24.3 Å². The summed E-state index contributed by atoms with van der Waals surface area (Å²) in [4.78, 5) is 23.2. The van der Waals surface area contributed by atoms with E-state index in [-0.39, 0.29) is 17.2 Å². The summed E-state index contributed by atoms with van der Waals surface area (Å²) < 4.78 is 0. The second kappa shape index (κ2) is 5.22. The lowest BCUT2D eigenvalue weighted by molar-refractivity contribution is -0.116.